The van der Waals surface area contributed by atoms with Crippen LogP contribution in [0, 0.1) is 11.3 Å². The summed E-state index contributed by atoms with van der Waals surface area (Å²) in [6.45, 7) is 3.14. The highest BCUT2D eigenvalue weighted by Crippen LogP contribution is 2.22. The largest absolute Gasteiger partial charge is 0.383 e. The van der Waals surface area contributed by atoms with Gasteiger partial charge in [-0.15, -0.1) is 10.2 Å². The van der Waals surface area contributed by atoms with E-state index in [1.165, 1.54) is 17.3 Å². The predicted octanol–water partition coefficient (Wildman–Crippen LogP) is 2.52. The van der Waals surface area contributed by atoms with Crippen molar-refractivity contribution in [1.82, 2.24) is 14.8 Å². The quantitative estimate of drug-likeness (QED) is 0.735. The SMILES string of the molecule is COCCn1c(Cc2ccccc2)nnc1S[C@H](C)C#N. The molecule has 1 heterocycles. The number of thioether (sulfide) groups is 1. The molecule has 0 unspecified atom stereocenters. The van der Waals surface area contributed by atoms with Crippen molar-refractivity contribution in [3.8, 4) is 6.07 Å². The second-order valence-electron chi connectivity index (χ2n) is 4.59. The number of benzene rings is 1. The van der Waals surface area contributed by atoms with Crippen LogP contribution in [0.2, 0.25) is 0 Å². The molecule has 0 spiro atoms. The number of hydrogen-bond donors (Lipinski definition) is 0. The zero-order valence-corrected chi connectivity index (χ0v) is 13.0. The molecule has 0 bridgehead atoms. The van der Waals surface area contributed by atoms with Gasteiger partial charge in [-0.25, -0.2) is 0 Å². The molecule has 1 aromatic carbocycles. The second kappa shape index (κ2) is 7.81. The van der Waals surface area contributed by atoms with Crippen molar-refractivity contribution < 1.29 is 4.74 Å². The molecule has 0 N–H and O–H groups in total. The lowest BCUT2D eigenvalue weighted by Gasteiger charge is -2.10. The molecule has 1 aromatic heterocycles. The summed E-state index contributed by atoms with van der Waals surface area (Å²) in [6, 6.07) is 12.4. The van der Waals surface area contributed by atoms with Crippen molar-refractivity contribution >= 4 is 11.8 Å². The molecule has 110 valence electrons. The molecule has 0 amide bonds. The van der Waals surface area contributed by atoms with E-state index >= 15 is 0 Å². The summed E-state index contributed by atoms with van der Waals surface area (Å²) in [5, 5.41) is 18.1. The maximum Gasteiger partial charge on any atom is 0.192 e. The molecule has 0 aliphatic heterocycles. The summed E-state index contributed by atoms with van der Waals surface area (Å²) < 4.78 is 7.19. The van der Waals surface area contributed by atoms with Gasteiger partial charge in [-0.1, -0.05) is 42.1 Å². The summed E-state index contributed by atoms with van der Waals surface area (Å²) in [5.74, 6) is 0.894. The molecule has 0 radical (unpaired) electrons. The first-order chi connectivity index (χ1) is 10.2. The van der Waals surface area contributed by atoms with E-state index in [2.05, 4.69) is 28.4 Å². The van der Waals surface area contributed by atoms with Gasteiger partial charge in [-0.3, -0.25) is 0 Å². The number of hydrogen-bond acceptors (Lipinski definition) is 5. The van der Waals surface area contributed by atoms with Crippen LogP contribution in [0.15, 0.2) is 35.5 Å². The Morgan fingerprint density at radius 3 is 2.76 bits per heavy atom. The normalized spacial score (nSPS) is 12.0. The van der Waals surface area contributed by atoms with Crippen LogP contribution in [0.5, 0.6) is 0 Å². The van der Waals surface area contributed by atoms with E-state index in [1.807, 2.05) is 29.7 Å². The minimum absolute atomic E-state index is 0.153. The summed E-state index contributed by atoms with van der Waals surface area (Å²) in [4.78, 5) is 0. The maximum absolute atomic E-state index is 8.95. The van der Waals surface area contributed by atoms with Gasteiger partial charge in [0.2, 0.25) is 0 Å². The molecular weight excluding hydrogens is 284 g/mol. The number of rotatable bonds is 7. The fourth-order valence-electron chi connectivity index (χ4n) is 1.91. The molecule has 6 heteroatoms. The number of methoxy groups -OCH3 is 1. The van der Waals surface area contributed by atoms with Gasteiger partial charge in [0.05, 0.1) is 17.9 Å². The van der Waals surface area contributed by atoms with Crippen molar-refractivity contribution in [2.45, 2.75) is 30.3 Å². The fourth-order valence-corrected chi connectivity index (χ4v) is 2.69. The molecule has 0 saturated heterocycles. The summed E-state index contributed by atoms with van der Waals surface area (Å²) >= 11 is 1.42. The Morgan fingerprint density at radius 2 is 2.10 bits per heavy atom. The first-order valence-electron chi connectivity index (χ1n) is 6.75. The van der Waals surface area contributed by atoms with E-state index in [4.69, 9.17) is 10.00 Å². The van der Waals surface area contributed by atoms with Gasteiger partial charge in [0.15, 0.2) is 5.16 Å². The lowest BCUT2D eigenvalue weighted by Crippen LogP contribution is -2.11. The van der Waals surface area contributed by atoms with Crippen LogP contribution in [0.3, 0.4) is 0 Å². The van der Waals surface area contributed by atoms with Crippen molar-refractivity contribution in [2.24, 2.45) is 0 Å². The second-order valence-corrected chi connectivity index (χ2v) is 5.90. The summed E-state index contributed by atoms with van der Waals surface area (Å²) in [7, 11) is 1.67. The zero-order valence-electron chi connectivity index (χ0n) is 12.2. The number of aromatic nitrogens is 3. The maximum atomic E-state index is 8.95. The van der Waals surface area contributed by atoms with Gasteiger partial charge < -0.3 is 9.30 Å². The van der Waals surface area contributed by atoms with Crippen LogP contribution in [0.4, 0.5) is 0 Å². The molecule has 5 nitrogen and oxygen atoms in total. The molecular formula is C15H18N4OS. The zero-order chi connectivity index (χ0) is 15.1. The first-order valence-corrected chi connectivity index (χ1v) is 7.63. The van der Waals surface area contributed by atoms with Gasteiger partial charge in [-0.05, 0) is 12.5 Å². The van der Waals surface area contributed by atoms with Crippen LogP contribution >= 0.6 is 11.8 Å². The molecule has 1 atom stereocenters. The van der Waals surface area contributed by atoms with Crippen LogP contribution in [-0.4, -0.2) is 33.7 Å². The Bertz CT molecular complexity index is 606. The van der Waals surface area contributed by atoms with Crippen molar-refractivity contribution in [1.29, 1.82) is 5.26 Å². The average Bonchev–Trinajstić information content (AvgIpc) is 2.87. The lowest BCUT2D eigenvalue weighted by molar-refractivity contribution is 0.184. The highest BCUT2D eigenvalue weighted by Gasteiger charge is 2.15. The van der Waals surface area contributed by atoms with Crippen LogP contribution < -0.4 is 0 Å². The third-order valence-electron chi connectivity index (χ3n) is 2.98. The molecule has 2 aromatic rings. The van der Waals surface area contributed by atoms with Crippen molar-refractivity contribution in [3.05, 3.63) is 41.7 Å². The van der Waals surface area contributed by atoms with Crippen molar-refractivity contribution in [3.63, 3.8) is 0 Å². The molecule has 0 aliphatic carbocycles. The minimum Gasteiger partial charge on any atom is -0.383 e. The molecule has 2 rings (SSSR count). The van der Waals surface area contributed by atoms with Gasteiger partial charge in [0.1, 0.15) is 5.82 Å². The molecule has 21 heavy (non-hydrogen) atoms. The van der Waals surface area contributed by atoms with E-state index < -0.39 is 0 Å². The Balaban J connectivity index is 2.21. The third-order valence-corrected chi connectivity index (χ3v) is 3.95. The average molecular weight is 302 g/mol. The highest BCUT2D eigenvalue weighted by molar-refractivity contribution is 8.00. The van der Waals surface area contributed by atoms with E-state index in [0.717, 1.165) is 17.4 Å². The fraction of sp³-hybridized carbons (Fsp3) is 0.400. The van der Waals surface area contributed by atoms with E-state index in [0.29, 0.717) is 13.2 Å². The predicted molar refractivity (Wildman–Crippen MR) is 82.1 cm³/mol. The number of nitriles is 1. The van der Waals surface area contributed by atoms with Gasteiger partial charge >= 0.3 is 0 Å². The molecule has 0 fully saturated rings. The van der Waals surface area contributed by atoms with Gasteiger partial charge in [0.25, 0.3) is 0 Å². The topological polar surface area (TPSA) is 63.7 Å². The molecule has 0 saturated carbocycles. The Kier molecular flexibility index (Phi) is 5.78. The highest BCUT2D eigenvalue weighted by atomic mass is 32.2. The Labute approximate surface area is 128 Å². The standard InChI is InChI=1S/C15H18N4OS/c1-12(11-16)21-15-18-17-14(19(15)8-9-20-2)10-13-6-4-3-5-7-13/h3-7,12H,8-10H2,1-2H3/t12-/m1/s1. The molecule has 0 aliphatic rings. The van der Waals surface area contributed by atoms with Gasteiger partial charge in [0, 0.05) is 20.1 Å². The Morgan fingerprint density at radius 1 is 1.33 bits per heavy atom. The van der Waals surface area contributed by atoms with Crippen LogP contribution in [-0.2, 0) is 17.7 Å². The summed E-state index contributed by atoms with van der Waals surface area (Å²) in [5.41, 5.74) is 1.19. The Hall–Kier alpha value is -1.84. The minimum atomic E-state index is -0.153. The smallest absolute Gasteiger partial charge is 0.192 e. The van der Waals surface area contributed by atoms with Crippen LogP contribution in [0.1, 0.15) is 18.3 Å². The number of nitrogens with zero attached hydrogens (tertiary/aromatic N) is 4. The first kappa shape index (κ1) is 15.5. The van der Waals surface area contributed by atoms with E-state index in [9.17, 15) is 0 Å². The number of ether oxygens (including phenoxy) is 1. The van der Waals surface area contributed by atoms with Crippen LogP contribution in [0.25, 0.3) is 0 Å². The monoisotopic (exact) mass is 302 g/mol. The van der Waals surface area contributed by atoms with E-state index in [-0.39, 0.29) is 5.25 Å². The lowest BCUT2D eigenvalue weighted by atomic mass is 10.1. The summed E-state index contributed by atoms with van der Waals surface area (Å²) in [6.07, 6.45) is 0.721. The van der Waals surface area contributed by atoms with E-state index in [1.54, 1.807) is 7.11 Å². The van der Waals surface area contributed by atoms with Gasteiger partial charge in [-0.2, -0.15) is 5.26 Å². The third kappa shape index (κ3) is 4.31. The van der Waals surface area contributed by atoms with Crippen molar-refractivity contribution in [2.75, 3.05) is 13.7 Å².